The van der Waals surface area contributed by atoms with E-state index >= 15 is 0 Å². The van der Waals surface area contributed by atoms with E-state index in [4.69, 9.17) is 5.73 Å². The minimum absolute atomic E-state index is 0.128. The summed E-state index contributed by atoms with van der Waals surface area (Å²) in [6.07, 6.45) is 3.55. The number of nitrogen functional groups attached to an aromatic ring is 1. The van der Waals surface area contributed by atoms with Crippen molar-refractivity contribution >= 4 is 17.3 Å². The van der Waals surface area contributed by atoms with Gasteiger partial charge in [-0.3, -0.25) is 14.9 Å². The van der Waals surface area contributed by atoms with Crippen molar-refractivity contribution in [2.24, 2.45) is 0 Å². The summed E-state index contributed by atoms with van der Waals surface area (Å²) in [5.41, 5.74) is 9.37. The molecule has 0 aliphatic heterocycles. The zero-order chi connectivity index (χ0) is 19.8. The quantitative estimate of drug-likeness (QED) is 0.533. The molecule has 1 aliphatic rings. The number of aryl methyl sites for hydroxylation is 1. The maximum absolute atomic E-state index is 13.7. The van der Waals surface area contributed by atoms with Gasteiger partial charge in [0.1, 0.15) is 11.6 Å². The number of ketones is 1. The Hall–Kier alpha value is -3.61. The number of carbonyl (C=O) groups excluding carboxylic acids is 1. The van der Waals surface area contributed by atoms with Gasteiger partial charge in [-0.25, -0.2) is 9.37 Å². The van der Waals surface area contributed by atoms with Crippen molar-refractivity contribution in [2.75, 3.05) is 5.73 Å². The van der Waals surface area contributed by atoms with E-state index in [1.807, 2.05) is 6.07 Å². The van der Waals surface area contributed by atoms with Crippen LogP contribution in [0.15, 0.2) is 48.7 Å². The summed E-state index contributed by atoms with van der Waals surface area (Å²) in [6, 6.07) is 10.4. The average Bonchev–Trinajstić information content (AvgIpc) is 2.68. The normalized spacial score (nSPS) is 13.2. The molecule has 6 nitrogen and oxygen atoms in total. The smallest absolute Gasteiger partial charge is 0.277 e. The van der Waals surface area contributed by atoms with E-state index in [1.165, 1.54) is 6.20 Å². The van der Waals surface area contributed by atoms with Gasteiger partial charge >= 0.3 is 0 Å². The Morgan fingerprint density at radius 2 is 1.82 bits per heavy atom. The Kier molecular flexibility index (Phi) is 4.35. The molecule has 0 saturated carbocycles. The summed E-state index contributed by atoms with van der Waals surface area (Å²) in [5, 5.41) is 11.3. The number of benzene rings is 2. The number of nitro benzene ring substituents is 1. The van der Waals surface area contributed by atoms with Crippen LogP contribution in [-0.4, -0.2) is 15.7 Å². The van der Waals surface area contributed by atoms with Crippen LogP contribution >= 0.6 is 0 Å². The summed E-state index contributed by atoms with van der Waals surface area (Å²) >= 11 is 0. The number of anilines is 1. The molecule has 1 heterocycles. The maximum Gasteiger partial charge on any atom is 0.277 e. The molecule has 0 radical (unpaired) electrons. The van der Waals surface area contributed by atoms with Gasteiger partial charge in [0.15, 0.2) is 5.78 Å². The highest BCUT2D eigenvalue weighted by Gasteiger charge is 2.20. The molecule has 0 amide bonds. The maximum atomic E-state index is 13.7. The lowest BCUT2D eigenvalue weighted by molar-refractivity contribution is -0.384. The largest absolute Gasteiger partial charge is 0.383 e. The molecule has 2 aromatic carbocycles. The summed E-state index contributed by atoms with van der Waals surface area (Å²) in [6.45, 7) is 0. The number of rotatable bonds is 3. The van der Waals surface area contributed by atoms with Crippen molar-refractivity contribution in [3.05, 3.63) is 75.7 Å². The molecule has 2 N–H and O–H groups in total. The van der Waals surface area contributed by atoms with Gasteiger partial charge in [0.25, 0.3) is 5.69 Å². The first-order valence-corrected chi connectivity index (χ1v) is 8.80. The number of nitro groups is 1. The topological polar surface area (TPSA) is 99.1 Å². The predicted octanol–water partition coefficient (Wildman–Crippen LogP) is 4.56. The number of hydrogen-bond acceptors (Lipinski definition) is 5. The van der Waals surface area contributed by atoms with Crippen LogP contribution in [0.4, 0.5) is 15.9 Å². The van der Waals surface area contributed by atoms with Crippen LogP contribution in [0.5, 0.6) is 0 Å². The molecule has 7 heteroatoms. The number of carbonyl (C=O) groups is 1. The first-order chi connectivity index (χ1) is 13.4. The second kappa shape index (κ2) is 6.84. The number of Topliss-reactive ketones (excluding diaryl/α,β-unsaturated/α-hetero) is 1. The molecule has 140 valence electrons. The number of halogens is 1. The first-order valence-electron chi connectivity index (χ1n) is 8.80. The number of fused-ring (bicyclic) bond motifs is 1. The Morgan fingerprint density at radius 3 is 2.61 bits per heavy atom. The van der Waals surface area contributed by atoms with Crippen molar-refractivity contribution in [2.45, 2.75) is 19.3 Å². The minimum atomic E-state index is -0.578. The monoisotopic (exact) mass is 377 g/mol. The zero-order valence-corrected chi connectivity index (χ0v) is 14.8. The third kappa shape index (κ3) is 3.11. The highest BCUT2D eigenvalue weighted by molar-refractivity contribution is 5.99. The van der Waals surface area contributed by atoms with Crippen molar-refractivity contribution in [1.82, 2.24) is 4.98 Å². The number of pyridine rings is 1. The molecule has 3 aromatic rings. The lowest BCUT2D eigenvalue weighted by atomic mass is 9.88. The first kappa shape index (κ1) is 17.8. The Bertz CT molecular complexity index is 1130. The fourth-order valence-electron chi connectivity index (χ4n) is 3.57. The molecule has 28 heavy (non-hydrogen) atoms. The highest BCUT2D eigenvalue weighted by atomic mass is 19.1. The van der Waals surface area contributed by atoms with E-state index in [0.29, 0.717) is 17.5 Å². The standard InChI is InChI=1S/C21H16FN3O3/c22-15-5-7-19(25(27)28)17(10-15)14-9-18(21(23)24-11-14)13-4-6-16-12(8-13)2-1-3-20(16)26/h4-11H,1-3H2,(H2,23,24). The van der Waals surface area contributed by atoms with Crippen molar-refractivity contribution in [3.63, 3.8) is 0 Å². The summed E-state index contributed by atoms with van der Waals surface area (Å²) < 4.78 is 13.7. The van der Waals surface area contributed by atoms with E-state index in [1.54, 1.807) is 18.2 Å². The summed E-state index contributed by atoms with van der Waals surface area (Å²) in [5.74, 6) is -0.195. The molecular weight excluding hydrogens is 361 g/mol. The van der Waals surface area contributed by atoms with E-state index in [9.17, 15) is 19.3 Å². The van der Waals surface area contributed by atoms with E-state index < -0.39 is 10.7 Å². The molecule has 0 fully saturated rings. The van der Waals surface area contributed by atoms with E-state index in [2.05, 4.69) is 4.98 Å². The molecule has 0 spiro atoms. The van der Waals surface area contributed by atoms with E-state index in [-0.39, 0.29) is 22.9 Å². The Labute approximate surface area is 160 Å². The summed E-state index contributed by atoms with van der Waals surface area (Å²) in [4.78, 5) is 27.0. The molecular formula is C21H16FN3O3. The molecule has 0 saturated heterocycles. The van der Waals surface area contributed by atoms with Crippen LogP contribution in [0, 0.1) is 15.9 Å². The SMILES string of the molecule is Nc1ncc(-c2cc(F)ccc2[N+](=O)[O-])cc1-c1ccc2c(c1)CCCC2=O. The van der Waals surface area contributed by atoms with Gasteiger partial charge < -0.3 is 5.73 Å². The minimum Gasteiger partial charge on any atom is -0.383 e. The molecule has 0 unspecified atom stereocenters. The number of nitrogens with two attached hydrogens (primary N) is 1. The average molecular weight is 377 g/mol. The zero-order valence-electron chi connectivity index (χ0n) is 14.8. The van der Waals surface area contributed by atoms with Crippen molar-refractivity contribution < 1.29 is 14.1 Å². The van der Waals surface area contributed by atoms with Crippen LogP contribution in [0.3, 0.4) is 0 Å². The summed E-state index contributed by atoms with van der Waals surface area (Å²) in [7, 11) is 0. The fraction of sp³-hybridized carbons (Fsp3) is 0.143. The van der Waals surface area contributed by atoms with Crippen LogP contribution < -0.4 is 5.73 Å². The van der Waals surface area contributed by atoms with Crippen LogP contribution in [0.2, 0.25) is 0 Å². The Morgan fingerprint density at radius 1 is 1.00 bits per heavy atom. The number of aromatic nitrogens is 1. The molecule has 4 rings (SSSR count). The van der Waals surface area contributed by atoms with Crippen LogP contribution in [0.25, 0.3) is 22.3 Å². The predicted molar refractivity (Wildman–Crippen MR) is 103 cm³/mol. The van der Waals surface area contributed by atoms with Gasteiger partial charge in [0, 0.05) is 35.4 Å². The van der Waals surface area contributed by atoms with Crippen LogP contribution in [-0.2, 0) is 6.42 Å². The van der Waals surface area contributed by atoms with Gasteiger partial charge in [0.2, 0.25) is 0 Å². The van der Waals surface area contributed by atoms with E-state index in [0.717, 1.165) is 47.7 Å². The van der Waals surface area contributed by atoms with Gasteiger partial charge in [-0.1, -0.05) is 18.2 Å². The second-order valence-corrected chi connectivity index (χ2v) is 6.72. The highest BCUT2D eigenvalue weighted by Crippen LogP contribution is 2.35. The van der Waals surface area contributed by atoms with Crippen molar-refractivity contribution in [3.8, 4) is 22.3 Å². The van der Waals surface area contributed by atoms with Gasteiger partial charge in [0.05, 0.1) is 10.5 Å². The third-order valence-electron chi connectivity index (χ3n) is 4.95. The molecule has 0 atom stereocenters. The Balaban J connectivity index is 1.85. The number of nitrogens with zero attached hydrogens (tertiary/aromatic N) is 2. The molecule has 1 aromatic heterocycles. The lowest BCUT2D eigenvalue weighted by Crippen LogP contribution is -2.10. The van der Waals surface area contributed by atoms with Gasteiger partial charge in [-0.2, -0.15) is 0 Å². The molecule has 1 aliphatic carbocycles. The lowest BCUT2D eigenvalue weighted by Gasteiger charge is -2.16. The van der Waals surface area contributed by atoms with Crippen LogP contribution in [0.1, 0.15) is 28.8 Å². The second-order valence-electron chi connectivity index (χ2n) is 6.72. The van der Waals surface area contributed by atoms with Gasteiger partial charge in [-0.15, -0.1) is 0 Å². The van der Waals surface area contributed by atoms with Crippen molar-refractivity contribution in [1.29, 1.82) is 0 Å². The van der Waals surface area contributed by atoms with Gasteiger partial charge in [-0.05, 0) is 42.2 Å². The third-order valence-corrected chi connectivity index (χ3v) is 4.95. The number of hydrogen-bond donors (Lipinski definition) is 1. The molecule has 0 bridgehead atoms. The fourth-order valence-corrected chi connectivity index (χ4v) is 3.57.